The third-order valence-electron chi connectivity index (χ3n) is 7.93. The van der Waals surface area contributed by atoms with Gasteiger partial charge in [-0.3, -0.25) is 4.79 Å². The maximum atomic E-state index is 14.1. The first-order valence-corrected chi connectivity index (χ1v) is 18.7. The number of anilines is 1. The maximum absolute atomic E-state index is 14.1. The molecule has 1 fully saturated rings. The third kappa shape index (κ3) is 6.99. The molecule has 9 nitrogen and oxygen atoms in total. The van der Waals surface area contributed by atoms with Gasteiger partial charge in [-0.2, -0.15) is 18.3 Å². The van der Waals surface area contributed by atoms with E-state index in [-0.39, 0.29) is 52.9 Å². The van der Waals surface area contributed by atoms with Gasteiger partial charge in [-0.1, -0.05) is 38.2 Å². The number of carbonyl (C=O) groups is 2. The lowest BCUT2D eigenvalue weighted by Crippen LogP contribution is -2.22. The minimum atomic E-state index is -4.71. The summed E-state index contributed by atoms with van der Waals surface area (Å²) in [5.41, 5.74) is 0.873. The topological polar surface area (TPSA) is 105 Å². The molecular weight excluding hydrogens is 605 g/mol. The largest absolute Gasteiger partial charge is 0.480 e. The highest BCUT2D eigenvalue weighted by molar-refractivity contribution is 6.76. The van der Waals surface area contributed by atoms with E-state index >= 15 is 0 Å². The van der Waals surface area contributed by atoms with E-state index in [1.54, 1.807) is 25.1 Å². The standard InChI is InChI=1S/C32H37F3N4O5Si/c1-6-44-31(41)24-16-20-10-12-22(19-8-7-9-19)26(27(20)37-30(24)42-2)29(40)36-21-11-13-25-23(17-21)28(32(33,34)35)38-39(25)18-43-14-15-45(3,4)5/h10-13,16-17,19H,6-9,14-15,18H2,1-5H3,(H,36,40). The number of benzene rings is 2. The summed E-state index contributed by atoms with van der Waals surface area (Å²) in [4.78, 5) is 31.1. The normalized spacial score (nSPS) is 14.0. The van der Waals surface area contributed by atoms with Crippen molar-refractivity contribution in [3.05, 3.63) is 58.8 Å². The van der Waals surface area contributed by atoms with Gasteiger partial charge in [-0.05, 0) is 61.6 Å². The summed E-state index contributed by atoms with van der Waals surface area (Å²) in [7, 11) is -0.00396. The highest BCUT2D eigenvalue weighted by Crippen LogP contribution is 2.41. The predicted molar refractivity (Wildman–Crippen MR) is 168 cm³/mol. The summed E-state index contributed by atoms with van der Waals surface area (Å²) in [6, 6.07) is 10.4. The highest BCUT2D eigenvalue weighted by atomic mass is 28.3. The Labute approximate surface area is 260 Å². The van der Waals surface area contributed by atoms with Crippen molar-refractivity contribution >= 4 is 47.4 Å². The molecule has 2 aromatic carbocycles. The van der Waals surface area contributed by atoms with Crippen molar-refractivity contribution in [3.8, 4) is 5.88 Å². The van der Waals surface area contributed by atoms with Gasteiger partial charge in [0, 0.05) is 31.1 Å². The molecule has 1 saturated carbocycles. The van der Waals surface area contributed by atoms with E-state index in [4.69, 9.17) is 14.2 Å². The minimum absolute atomic E-state index is 0.0106. The van der Waals surface area contributed by atoms with Gasteiger partial charge in [0.15, 0.2) is 5.69 Å². The molecule has 5 rings (SSSR count). The Kier molecular flexibility index (Phi) is 9.22. The summed E-state index contributed by atoms with van der Waals surface area (Å²) >= 11 is 0. The van der Waals surface area contributed by atoms with Crippen LogP contribution in [0.2, 0.25) is 25.7 Å². The van der Waals surface area contributed by atoms with Gasteiger partial charge in [0.2, 0.25) is 5.88 Å². The van der Waals surface area contributed by atoms with Gasteiger partial charge in [0.1, 0.15) is 12.3 Å². The number of halogens is 3. The number of nitrogens with zero attached hydrogens (tertiary/aromatic N) is 3. The number of nitrogens with one attached hydrogen (secondary N) is 1. The molecule has 0 unspecified atom stereocenters. The van der Waals surface area contributed by atoms with Crippen LogP contribution in [0.4, 0.5) is 18.9 Å². The molecule has 0 radical (unpaired) electrons. The number of ether oxygens (including phenoxy) is 3. The zero-order valence-electron chi connectivity index (χ0n) is 26.0. The molecule has 1 N–H and O–H groups in total. The lowest BCUT2D eigenvalue weighted by atomic mass is 9.77. The average molecular weight is 643 g/mol. The third-order valence-corrected chi connectivity index (χ3v) is 9.64. The molecule has 0 atom stereocenters. The van der Waals surface area contributed by atoms with Crippen LogP contribution in [0.5, 0.6) is 5.88 Å². The van der Waals surface area contributed by atoms with E-state index < -0.39 is 31.8 Å². The molecular formula is C32H37F3N4O5Si. The Morgan fingerprint density at radius 2 is 1.87 bits per heavy atom. The molecule has 1 aliphatic rings. The predicted octanol–water partition coefficient (Wildman–Crippen LogP) is 7.62. The van der Waals surface area contributed by atoms with Crippen LogP contribution in [0, 0.1) is 0 Å². The quantitative estimate of drug-likeness (QED) is 0.102. The number of carbonyl (C=O) groups excluding carboxylic acids is 2. The fourth-order valence-electron chi connectivity index (χ4n) is 5.34. The lowest BCUT2D eigenvalue weighted by Gasteiger charge is -2.28. The van der Waals surface area contributed by atoms with Crippen LogP contribution >= 0.6 is 0 Å². The second kappa shape index (κ2) is 12.8. The molecule has 1 aliphatic carbocycles. The summed E-state index contributed by atoms with van der Waals surface area (Å²) in [6.07, 6.45) is -1.91. The SMILES string of the molecule is CCOC(=O)c1cc2ccc(C3CCC3)c(C(=O)Nc3ccc4c(c3)c(C(F)(F)F)nn4COCC[Si](C)(C)C)c2nc1OC. The molecule has 2 aromatic heterocycles. The van der Waals surface area contributed by atoms with Crippen molar-refractivity contribution in [2.75, 3.05) is 25.6 Å². The van der Waals surface area contributed by atoms with Gasteiger partial charge in [-0.25, -0.2) is 14.5 Å². The van der Waals surface area contributed by atoms with Crippen LogP contribution < -0.4 is 10.1 Å². The summed E-state index contributed by atoms with van der Waals surface area (Å²) in [5, 5.41) is 7.00. The van der Waals surface area contributed by atoms with E-state index in [0.717, 1.165) is 30.9 Å². The number of rotatable bonds is 11. The highest BCUT2D eigenvalue weighted by Gasteiger charge is 2.37. The van der Waals surface area contributed by atoms with E-state index in [1.807, 2.05) is 6.07 Å². The van der Waals surface area contributed by atoms with Crippen LogP contribution in [0.1, 0.15) is 64.1 Å². The van der Waals surface area contributed by atoms with E-state index in [1.165, 1.54) is 23.9 Å². The first-order valence-electron chi connectivity index (χ1n) is 15.0. The van der Waals surface area contributed by atoms with E-state index in [9.17, 15) is 22.8 Å². The fraction of sp³-hybridized carbons (Fsp3) is 0.438. The number of pyridine rings is 1. The first-order chi connectivity index (χ1) is 21.3. The van der Waals surface area contributed by atoms with Crippen LogP contribution in [0.3, 0.4) is 0 Å². The Morgan fingerprint density at radius 1 is 1.11 bits per heavy atom. The molecule has 2 heterocycles. The fourth-order valence-corrected chi connectivity index (χ4v) is 6.09. The molecule has 45 heavy (non-hydrogen) atoms. The number of amides is 1. The number of aromatic nitrogens is 3. The van der Waals surface area contributed by atoms with Crippen molar-refractivity contribution in [2.45, 2.75) is 70.7 Å². The van der Waals surface area contributed by atoms with Crippen LogP contribution in [0.25, 0.3) is 21.8 Å². The zero-order valence-corrected chi connectivity index (χ0v) is 27.0. The monoisotopic (exact) mass is 642 g/mol. The van der Waals surface area contributed by atoms with Gasteiger partial charge in [-0.15, -0.1) is 0 Å². The number of hydrogen-bond acceptors (Lipinski definition) is 7. The number of esters is 1. The number of fused-ring (bicyclic) bond motifs is 2. The van der Waals surface area contributed by atoms with Gasteiger partial charge < -0.3 is 19.5 Å². The Bertz CT molecular complexity index is 1750. The van der Waals surface area contributed by atoms with Crippen LogP contribution in [-0.4, -0.2) is 55.0 Å². The summed E-state index contributed by atoms with van der Waals surface area (Å²) in [5.74, 6) is -0.993. The molecule has 4 aromatic rings. The molecule has 1 amide bonds. The Morgan fingerprint density at radius 3 is 2.49 bits per heavy atom. The average Bonchev–Trinajstić information content (AvgIpc) is 3.31. The maximum Gasteiger partial charge on any atom is 0.435 e. The smallest absolute Gasteiger partial charge is 0.435 e. The van der Waals surface area contributed by atoms with E-state index in [0.29, 0.717) is 17.5 Å². The van der Waals surface area contributed by atoms with Gasteiger partial charge in [0.25, 0.3) is 5.91 Å². The molecule has 0 bridgehead atoms. The van der Waals surface area contributed by atoms with Crippen molar-refractivity contribution in [1.82, 2.24) is 14.8 Å². The second-order valence-corrected chi connectivity index (χ2v) is 18.0. The molecule has 0 spiro atoms. The summed E-state index contributed by atoms with van der Waals surface area (Å²) < 4.78 is 59.6. The summed E-state index contributed by atoms with van der Waals surface area (Å²) in [6.45, 7) is 8.74. The van der Waals surface area contributed by atoms with Crippen molar-refractivity contribution < 1.29 is 37.0 Å². The van der Waals surface area contributed by atoms with E-state index in [2.05, 4.69) is 35.0 Å². The van der Waals surface area contributed by atoms with Crippen LogP contribution in [-0.2, 0) is 22.4 Å². The van der Waals surface area contributed by atoms with Gasteiger partial charge >= 0.3 is 12.1 Å². The van der Waals surface area contributed by atoms with Crippen molar-refractivity contribution in [3.63, 3.8) is 0 Å². The lowest BCUT2D eigenvalue weighted by molar-refractivity contribution is -0.140. The van der Waals surface area contributed by atoms with Crippen molar-refractivity contribution in [2.24, 2.45) is 0 Å². The minimum Gasteiger partial charge on any atom is -0.480 e. The number of alkyl halides is 3. The molecule has 0 saturated heterocycles. The van der Waals surface area contributed by atoms with Crippen molar-refractivity contribution in [1.29, 1.82) is 0 Å². The molecule has 240 valence electrons. The molecule has 13 heteroatoms. The number of methoxy groups -OCH3 is 1. The first kappa shape index (κ1) is 32.4. The molecule has 0 aliphatic heterocycles. The second-order valence-electron chi connectivity index (χ2n) is 12.4. The zero-order chi connectivity index (χ0) is 32.5. The number of hydrogen-bond donors (Lipinski definition) is 1. The van der Waals surface area contributed by atoms with Gasteiger partial charge in [0.05, 0.1) is 30.3 Å². The van der Waals surface area contributed by atoms with Crippen LogP contribution in [0.15, 0.2) is 36.4 Å². The Balaban J connectivity index is 1.52. The Hall–Kier alpha value is -3.97.